The smallest absolute Gasteiger partial charge is 0.332 e. The molecule has 1 fully saturated rings. The summed E-state index contributed by atoms with van der Waals surface area (Å²) in [6.07, 6.45) is -4.63. The Labute approximate surface area is 207 Å². The Morgan fingerprint density at radius 1 is 1.00 bits per heavy atom. The Morgan fingerprint density at radius 3 is 2.36 bits per heavy atom. The number of alkyl halides is 5. The summed E-state index contributed by atoms with van der Waals surface area (Å²) in [5.41, 5.74) is -1.25. The van der Waals surface area contributed by atoms with Gasteiger partial charge < -0.3 is 5.32 Å². The molecular formula is C26H19F5N2O2S. The summed E-state index contributed by atoms with van der Waals surface area (Å²) in [4.78, 5) is 25.1. The highest BCUT2D eigenvalue weighted by Crippen LogP contribution is 2.38. The predicted octanol–water partition coefficient (Wildman–Crippen LogP) is 6.05. The van der Waals surface area contributed by atoms with E-state index in [-0.39, 0.29) is 36.8 Å². The molecule has 1 aliphatic rings. The molecule has 0 aliphatic heterocycles. The highest BCUT2D eigenvalue weighted by molar-refractivity contribution is 7.08. The largest absolute Gasteiger partial charge is 0.416 e. The summed E-state index contributed by atoms with van der Waals surface area (Å²) in [5.74, 6) is -6.04. The zero-order valence-corrected chi connectivity index (χ0v) is 19.5. The van der Waals surface area contributed by atoms with Crippen molar-refractivity contribution in [3.05, 3.63) is 81.5 Å². The van der Waals surface area contributed by atoms with Crippen LogP contribution in [0.25, 0.3) is 11.1 Å². The number of hydrogen-bond donors (Lipinski definition) is 1. The number of carbonyl (C=O) groups is 2. The second-order valence-electron chi connectivity index (χ2n) is 8.70. The molecule has 0 saturated heterocycles. The summed E-state index contributed by atoms with van der Waals surface area (Å²) in [6.45, 7) is 0. The van der Waals surface area contributed by atoms with Crippen molar-refractivity contribution in [1.29, 1.82) is 5.26 Å². The number of nitrogens with zero attached hydrogens (tertiary/aromatic N) is 1. The average Bonchev–Trinajstić information content (AvgIpc) is 3.38. The predicted molar refractivity (Wildman–Crippen MR) is 123 cm³/mol. The fourth-order valence-corrected chi connectivity index (χ4v) is 4.47. The summed E-state index contributed by atoms with van der Waals surface area (Å²) >= 11 is 1.36. The lowest BCUT2D eigenvalue weighted by molar-refractivity contribution is -0.147. The van der Waals surface area contributed by atoms with Crippen molar-refractivity contribution in [2.24, 2.45) is 0 Å². The van der Waals surface area contributed by atoms with Crippen LogP contribution in [0.2, 0.25) is 0 Å². The fourth-order valence-electron chi connectivity index (χ4n) is 3.81. The van der Waals surface area contributed by atoms with Crippen molar-refractivity contribution < 1.29 is 31.5 Å². The first-order valence-electron chi connectivity index (χ1n) is 10.9. The minimum absolute atomic E-state index is 0.152. The minimum atomic E-state index is -4.56. The summed E-state index contributed by atoms with van der Waals surface area (Å²) in [7, 11) is 0. The van der Waals surface area contributed by atoms with Crippen LogP contribution in [0, 0.1) is 11.3 Å². The van der Waals surface area contributed by atoms with E-state index in [0.29, 0.717) is 11.1 Å². The molecule has 4 rings (SSSR count). The minimum Gasteiger partial charge on any atom is -0.332 e. The lowest BCUT2D eigenvalue weighted by Gasteiger charge is -2.20. The molecular weight excluding hydrogens is 499 g/mol. The van der Waals surface area contributed by atoms with Crippen molar-refractivity contribution in [1.82, 2.24) is 5.32 Å². The number of thiophene rings is 1. The van der Waals surface area contributed by atoms with Crippen LogP contribution in [-0.2, 0) is 34.5 Å². The molecule has 0 atom stereocenters. The molecule has 1 N–H and O–H groups in total. The van der Waals surface area contributed by atoms with Crippen LogP contribution >= 0.6 is 11.3 Å². The fraction of sp³-hybridized carbons (Fsp3) is 0.269. The number of Topliss-reactive ketones (excluding diaryl/α,β-unsaturated/α-hetero) is 1. The number of hydrogen-bond acceptors (Lipinski definition) is 4. The molecule has 186 valence electrons. The molecule has 1 aromatic heterocycles. The number of carbonyl (C=O) groups excluding carboxylic acids is 2. The topological polar surface area (TPSA) is 70.0 Å². The molecule has 0 unspecified atom stereocenters. The first kappa shape index (κ1) is 25.5. The third kappa shape index (κ3) is 5.46. The van der Waals surface area contributed by atoms with Crippen LogP contribution in [0.3, 0.4) is 0 Å². The van der Waals surface area contributed by atoms with Crippen molar-refractivity contribution >= 4 is 23.0 Å². The van der Waals surface area contributed by atoms with Crippen molar-refractivity contribution in [3.8, 4) is 17.2 Å². The van der Waals surface area contributed by atoms with Gasteiger partial charge in [0.25, 0.3) is 5.91 Å². The van der Waals surface area contributed by atoms with Gasteiger partial charge in [0, 0.05) is 18.4 Å². The van der Waals surface area contributed by atoms with Crippen LogP contribution < -0.4 is 5.32 Å². The summed E-state index contributed by atoms with van der Waals surface area (Å²) in [5, 5.41) is 14.7. The van der Waals surface area contributed by atoms with Gasteiger partial charge in [-0.25, -0.2) is 0 Å². The van der Waals surface area contributed by atoms with Crippen molar-refractivity contribution in [3.63, 3.8) is 0 Å². The third-order valence-corrected chi connectivity index (χ3v) is 6.63. The van der Waals surface area contributed by atoms with E-state index < -0.39 is 40.5 Å². The third-order valence-electron chi connectivity index (χ3n) is 5.95. The van der Waals surface area contributed by atoms with Crippen molar-refractivity contribution in [2.75, 3.05) is 0 Å². The lowest BCUT2D eigenvalue weighted by Crippen LogP contribution is -2.44. The molecule has 1 heterocycles. The average molecular weight is 519 g/mol. The van der Waals surface area contributed by atoms with E-state index in [9.17, 15) is 22.8 Å². The van der Waals surface area contributed by atoms with Gasteiger partial charge in [-0.15, -0.1) is 0 Å². The SMILES string of the molecule is N#CC1(NC(=O)C(F)(F)c2ccc(-c3ccsc3)c(CC(=O)Cc3cccc(C(F)(F)F)c3)c2)CC1. The van der Waals surface area contributed by atoms with Gasteiger partial charge in [-0.2, -0.15) is 38.6 Å². The Morgan fingerprint density at radius 2 is 1.75 bits per heavy atom. The molecule has 2 aromatic carbocycles. The number of amides is 1. The Bertz CT molecular complexity index is 1340. The normalized spacial score (nSPS) is 14.7. The quantitative estimate of drug-likeness (QED) is 0.369. The standard InChI is InChI=1S/C26H19F5N2O2S/c27-25(28,23(35)33-24(15-32)7-8-24)19-4-5-22(17-6-9-36-14-17)18(12-19)13-21(34)11-16-2-1-3-20(10-16)26(29,30)31/h1-6,9-10,12,14H,7-8,11,13H2,(H,33,35). The van der Waals surface area contributed by atoms with E-state index in [2.05, 4.69) is 5.32 Å². The summed E-state index contributed by atoms with van der Waals surface area (Å²) < 4.78 is 69.1. The van der Waals surface area contributed by atoms with Crippen LogP contribution in [0.15, 0.2) is 59.3 Å². The van der Waals surface area contributed by atoms with Crippen LogP contribution in [-0.4, -0.2) is 17.2 Å². The van der Waals surface area contributed by atoms with Gasteiger partial charge in [0.05, 0.1) is 11.6 Å². The molecule has 36 heavy (non-hydrogen) atoms. The highest BCUT2D eigenvalue weighted by Gasteiger charge is 2.51. The first-order valence-corrected chi connectivity index (χ1v) is 11.8. The number of ketones is 1. The van der Waals surface area contributed by atoms with E-state index in [0.717, 1.165) is 24.3 Å². The highest BCUT2D eigenvalue weighted by atomic mass is 32.1. The maximum absolute atomic E-state index is 15.0. The molecule has 1 aliphatic carbocycles. The van der Waals surface area contributed by atoms with Gasteiger partial charge in [-0.05, 0) is 64.1 Å². The monoisotopic (exact) mass is 518 g/mol. The molecule has 3 aromatic rings. The zero-order valence-electron chi connectivity index (χ0n) is 18.7. The first-order chi connectivity index (χ1) is 16.9. The van der Waals surface area contributed by atoms with Gasteiger partial charge in [0.15, 0.2) is 0 Å². The number of nitrogens with one attached hydrogen (secondary N) is 1. The maximum atomic E-state index is 15.0. The van der Waals surface area contributed by atoms with Gasteiger partial charge in [-0.1, -0.05) is 30.3 Å². The van der Waals surface area contributed by atoms with Crippen molar-refractivity contribution in [2.45, 2.75) is 43.3 Å². The van der Waals surface area contributed by atoms with Gasteiger partial charge in [0.2, 0.25) is 0 Å². The van der Waals surface area contributed by atoms with Crippen LogP contribution in [0.4, 0.5) is 22.0 Å². The zero-order chi connectivity index (χ0) is 26.1. The molecule has 10 heteroatoms. The Kier molecular flexibility index (Phi) is 6.71. The van der Waals surface area contributed by atoms with E-state index in [1.165, 1.54) is 29.5 Å². The molecule has 0 bridgehead atoms. The number of nitriles is 1. The summed E-state index contributed by atoms with van der Waals surface area (Å²) in [6, 6.07) is 11.5. The molecule has 4 nitrogen and oxygen atoms in total. The van der Waals surface area contributed by atoms with Gasteiger partial charge >= 0.3 is 12.1 Å². The van der Waals surface area contributed by atoms with E-state index >= 15 is 8.78 Å². The molecule has 0 spiro atoms. The number of benzene rings is 2. The maximum Gasteiger partial charge on any atom is 0.416 e. The van der Waals surface area contributed by atoms with Gasteiger partial charge in [0.1, 0.15) is 11.3 Å². The molecule has 0 radical (unpaired) electrons. The van der Waals surface area contributed by atoms with E-state index in [1.807, 2.05) is 6.07 Å². The second kappa shape index (κ2) is 9.47. The number of halogens is 5. The molecule has 1 amide bonds. The van der Waals surface area contributed by atoms with Crippen LogP contribution in [0.1, 0.15) is 35.1 Å². The second-order valence-corrected chi connectivity index (χ2v) is 9.48. The molecule has 1 saturated carbocycles. The lowest BCUT2D eigenvalue weighted by atomic mass is 9.92. The Hall–Kier alpha value is -3.58. The van der Waals surface area contributed by atoms with E-state index in [4.69, 9.17) is 5.26 Å². The van der Waals surface area contributed by atoms with E-state index in [1.54, 1.807) is 16.8 Å². The number of rotatable bonds is 8. The van der Waals surface area contributed by atoms with Crippen LogP contribution in [0.5, 0.6) is 0 Å². The van der Waals surface area contributed by atoms with Gasteiger partial charge in [-0.3, -0.25) is 9.59 Å². The Balaban J connectivity index is 1.61.